The van der Waals surface area contributed by atoms with Crippen LogP contribution in [0.4, 0.5) is 0 Å². The summed E-state index contributed by atoms with van der Waals surface area (Å²) in [7, 11) is 0. The summed E-state index contributed by atoms with van der Waals surface area (Å²) in [6.45, 7) is 2.17. The fourth-order valence-electron chi connectivity index (χ4n) is 4.35. The molecule has 0 aromatic heterocycles. The van der Waals surface area contributed by atoms with Crippen LogP contribution in [0, 0.1) is 11.3 Å². The van der Waals surface area contributed by atoms with E-state index < -0.39 is 0 Å². The summed E-state index contributed by atoms with van der Waals surface area (Å²) in [6, 6.07) is 8.83. The van der Waals surface area contributed by atoms with Crippen molar-refractivity contribution < 1.29 is 9.90 Å². The summed E-state index contributed by atoms with van der Waals surface area (Å²) in [6.07, 6.45) is 8.48. The minimum Gasteiger partial charge on any atom is -0.393 e. The van der Waals surface area contributed by atoms with Gasteiger partial charge < -0.3 is 5.11 Å². The Kier molecular flexibility index (Phi) is 4.67. The van der Waals surface area contributed by atoms with Crippen molar-refractivity contribution >= 4 is 5.78 Å². The zero-order valence-corrected chi connectivity index (χ0v) is 13.7. The molecule has 1 unspecified atom stereocenters. The van der Waals surface area contributed by atoms with Gasteiger partial charge in [-0.3, -0.25) is 4.79 Å². The third-order valence-electron chi connectivity index (χ3n) is 5.99. The Balaban J connectivity index is 1.56. The zero-order chi connectivity index (χ0) is 15.6. The van der Waals surface area contributed by atoms with Crippen molar-refractivity contribution in [2.24, 2.45) is 11.3 Å². The van der Waals surface area contributed by atoms with Crippen molar-refractivity contribution in [2.75, 3.05) is 0 Å². The molecule has 2 aliphatic rings. The SMILES string of the molecule is CCc1ccc(CCC2CCC3(CCC(O)CC3)C2=O)cc1. The van der Waals surface area contributed by atoms with Gasteiger partial charge in [0.25, 0.3) is 0 Å². The second-order valence-corrected chi connectivity index (χ2v) is 7.32. The van der Waals surface area contributed by atoms with Crippen LogP contribution >= 0.6 is 0 Å². The number of ketones is 1. The quantitative estimate of drug-likeness (QED) is 0.909. The first-order chi connectivity index (χ1) is 10.6. The van der Waals surface area contributed by atoms with Gasteiger partial charge in [0.2, 0.25) is 0 Å². The van der Waals surface area contributed by atoms with Gasteiger partial charge in [-0.15, -0.1) is 0 Å². The molecular weight excluding hydrogens is 272 g/mol. The Morgan fingerprint density at radius 3 is 2.27 bits per heavy atom. The van der Waals surface area contributed by atoms with Gasteiger partial charge in [-0.05, 0) is 68.9 Å². The summed E-state index contributed by atoms with van der Waals surface area (Å²) in [4.78, 5) is 12.8. The number of aliphatic hydroxyl groups is 1. The Hall–Kier alpha value is -1.15. The maximum atomic E-state index is 12.8. The topological polar surface area (TPSA) is 37.3 Å². The predicted octanol–water partition coefficient (Wildman–Crippen LogP) is 4.08. The van der Waals surface area contributed by atoms with Gasteiger partial charge in [0.1, 0.15) is 5.78 Å². The van der Waals surface area contributed by atoms with Crippen LogP contribution in [0.15, 0.2) is 24.3 Å². The predicted molar refractivity (Wildman–Crippen MR) is 88.8 cm³/mol. The molecule has 0 radical (unpaired) electrons. The maximum absolute atomic E-state index is 12.8. The van der Waals surface area contributed by atoms with Crippen LogP contribution in [0.5, 0.6) is 0 Å². The Labute approximate surface area is 133 Å². The number of aryl methyl sites for hydroxylation is 2. The fourth-order valence-corrected chi connectivity index (χ4v) is 4.35. The van der Waals surface area contributed by atoms with Gasteiger partial charge in [-0.25, -0.2) is 0 Å². The molecule has 0 bridgehead atoms. The molecule has 0 aliphatic heterocycles. The van der Waals surface area contributed by atoms with Crippen molar-refractivity contribution in [1.82, 2.24) is 0 Å². The standard InChI is InChI=1S/C20H28O2/c1-2-15-3-5-16(6-4-15)7-8-17-9-12-20(19(17)22)13-10-18(21)11-14-20/h3-6,17-18,21H,2,7-14H2,1H3. The molecule has 2 saturated carbocycles. The molecule has 1 N–H and O–H groups in total. The second-order valence-electron chi connectivity index (χ2n) is 7.32. The monoisotopic (exact) mass is 300 g/mol. The maximum Gasteiger partial charge on any atom is 0.142 e. The Morgan fingerprint density at radius 2 is 1.64 bits per heavy atom. The number of Topliss-reactive ketones (excluding diaryl/α,β-unsaturated/α-hetero) is 1. The van der Waals surface area contributed by atoms with Crippen LogP contribution < -0.4 is 0 Å². The van der Waals surface area contributed by atoms with Crippen molar-refractivity contribution in [3.8, 4) is 0 Å². The van der Waals surface area contributed by atoms with E-state index in [-0.39, 0.29) is 17.4 Å². The van der Waals surface area contributed by atoms with Crippen LogP contribution in [-0.4, -0.2) is 17.0 Å². The van der Waals surface area contributed by atoms with Gasteiger partial charge in [0.05, 0.1) is 6.10 Å². The normalized spacial score (nSPS) is 31.8. The smallest absolute Gasteiger partial charge is 0.142 e. The van der Waals surface area contributed by atoms with Gasteiger partial charge in [0, 0.05) is 11.3 Å². The number of benzene rings is 1. The Morgan fingerprint density at radius 1 is 1.05 bits per heavy atom. The lowest BCUT2D eigenvalue weighted by Gasteiger charge is -2.34. The van der Waals surface area contributed by atoms with E-state index in [0.717, 1.165) is 57.8 Å². The van der Waals surface area contributed by atoms with Crippen LogP contribution in [0.3, 0.4) is 0 Å². The summed E-state index contributed by atoms with van der Waals surface area (Å²) in [5.41, 5.74) is 2.65. The van der Waals surface area contributed by atoms with Crippen molar-refractivity contribution in [1.29, 1.82) is 0 Å². The zero-order valence-electron chi connectivity index (χ0n) is 13.7. The highest BCUT2D eigenvalue weighted by atomic mass is 16.3. The summed E-state index contributed by atoms with van der Waals surface area (Å²) in [5, 5.41) is 9.69. The average Bonchev–Trinajstić information content (AvgIpc) is 2.85. The number of aliphatic hydroxyl groups excluding tert-OH is 1. The van der Waals surface area contributed by atoms with Gasteiger partial charge in [0.15, 0.2) is 0 Å². The lowest BCUT2D eigenvalue weighted by molar-refractivity contribution is -0.131. The third-order valence-corrected chi connectivity index (χ3v) is 5.99. The molecule has 0 saturated heterocycles. The highest BCUT2D eigenvalue weighted by molar-refractivity contribution is 5.89. The molecule has 22 heavy (non-hydrogen) atoms. The summed E-state index contributed by atoms with van der Waals surface area (Å²) in [5.74, 6) is 0.755. The first-order valence-electron chi connectivity index (χ1n) is 8.93. The van der Waals surface area contributed by atoms with E-state index in [1.165, 1.54) is 11.1 Å². The average molecular weight is 300 g/mol. The van der Waals surface area contributed by atoms with E-state index >= 15 is 0 Å². The van der Waals surface area contributed by atoms with Crippen LogP contribution in [-0.2, 0) is 17.6 Å². The van der Waals surface area contributed by atoms with E-state index in [0.29, 0.717) is 5.78 Å². The molecule has 0 amide bonds. The number of rotatable bonds is 4. The van der Waals surface area contributed by atoms with Crippen molar-refractivity contribution in [3.63, 3.8) is 0 Å². The number of carbonyl (C=O) groups is 1. The molecule has 2 fully saturated rings. The third kappa shape index (κ3) is 3.12. The fraction of sp³-hybridized carbons (Fsp3) is 0.650. The van der Waals surface area contributed by atoms with E-state index in [1.54, 1.807) is 0 Å². The van der Waals surface area contributed by atoms with E-state index in [2.05, 4.69) is 31.2 Å². The number of hydrogen-bond donors (Lipinski definition) is 1. The molecule has 0 heterocycles. The Bertz CT molecular complexity index is 509. The van der Waals surface area contributed by atoms with Gasteiger partial charge in [-0.2, -0.15) is 0 Å². The highest BCUT2D eigenvalue weighted by Gasteiger charge is 2.48. The summed E-state index contributed by atoms with van der Waals surface area (Å²) < 4.78 is 0. The number of hydrogen-bond acceptors (Lipinski definition) is 2. The highest BCUT2D eigenvalue weighted by Crippen LogP contribution is 2.49. The first kappa shape index (κ1) is 15.7. The molecular formula is C20H28O2. The van der Waals surface area contributed by atoms with Gasteiger partial charge >= 0.3 is 0 Å². The molecule has 3 rings (SSSR count). The molecule has 2 heteroatoms. The number of carbonyl (C=O) groups excluding carboxylic acids is 1. The van der Waals surface area contributed by atoms with Crippen LogP contribution in [0.2, 0.25) is 0 Å². The molecule has 2 nitrogen and oxygen atoms in total. The summed E-state index contributed by atoms with van der Waals surface area (Å²) >= 11 is 0. The van der Waals surface area contributed by atoms with E-state index in [4.69, 9.17) is 0 Å². The molecule has 1 spiro atoms. The van der Waals surface area contributed by atoms with Crippen molar-refractivity contribution in [2.45, 2.75) is 70.8 Å². The van der Waals surface area contributed by atoms with E-state index in [9.17, 15) is 9.90 Å². The molecule has 120 valence electrons. The van der Waals surface area contributed by atoms with Crippen LogP contribution in [0.1, 0.15) is 63.0 Å². The van der Waals surface area contributed by atoms with Crippen LogP contribution in [0.25, 0.3) is 0 Å². The van der Waals surface area contributed by atoms with E-state index in [1.807, 2.05) is 0 Å². The lowest BCUT2D eigenvalue weighted by atomic mass is 9.70. The van der Waals surface area contributed by atoms with Crippen molar-refractivity contribution in [3.05, 3.63) is 35.4 Å². The molecule has 2 aliphatic carbocycles. The molecule has 1 aromatic rings. The first-order valence-corrected chi connectivity index (χ1v) is 8.93. The molecule has 1 aromatic carbocycles. The minimum absolute atomic E-state index is 0.0734. The van der Waals surface area contributed by atoms with Gasteiger partial charge in [-0.1, -0.05) is 31.2 Å². The second kappa shape index (κ2) is 6.54. The largest absolute Gasteiger partial charge is 0.393 e. The molecule has 1 atom stereocenters. The lowest BCUT2D eigenvalue weighted by Crippen LogP contribution is -2.34. The minimum atomic E-state index is -0.172.